The lowest BCUT2D eigenvalue weighted by Crippen LogP contribution is -2.03. The highest BCUT2D eigenvalue weighted by Crippen LogP contribution is 2.12. The summed E-state index contributed by atoms with van der Waals surface area (Å²) in [5, 5.41) is 48.7. The van der Waals surface area contributed by atoms with Gasteiger partial charge in [0.1, 0.15) is 0 Å². The molecule has 222 valence electrons. The number of aliphatic hydroxyl groups is 6. The van der Waals surface area contributed by atoms with Gasteiger partial charge >= 0.3 is 0 Å². The Morgan fingerprint density at radius 3 is 0.806 bits per heavy atom. The van der Waals surface area contributed by atoms with Crippen LogP contribution in [-0.2, 0) is 4.74 Å². The molecule has 1 atom stereocenters. The summed E-state index contributed by atoms with van der Waals surface area (Å²) in [7, 11) is 0. The molecule has 0 spiro atoms. The average Bonchev–Trinajstić information content (AvgIpc) is 2.89. The van der Waals surface area contributed by atoms with Crippen molar-refractivity contribution in [3.63, 3.8) is 0 Å². The maximum atomic E-state index is 8.72. The molecule has 0 saturated heterocycles. The van der Waals surface area contributed by atoms with Crippen molar-refractivity contribution in [3.8, 4) is 0 Å². The first kappa shape index (κ1) is 40.2. The molecular formula is C29H64O7. The first-order valence-electron chi connectivity index (χ1n) is 14.9. The summed E-state index contributed by atoms with van der Waals surface area (Å²) in [6.45, 7) is 3.76. The molecular weight excluding hydrogens is 460 g/mol. The van der Waals surface area contributed by atoms with Crippen molar-refractivity contribution in [2.75, 3.05) is 46.2 Å². The zero-order chi connectivity index (χ0) is 27.4. The van der Waals surface area contributed by atoms with Gasteiger partial charge in [-0.25, -0.2) is 0 Å². The van der Waals surface area contributed by atoms with Crippen LogP contribution >= 0.6 is 0 Å². The van der Waals surface area contributed by atoms with Crippen LogP contribution in [0.2, 0.25) is 0 Å². The Morgan fingerprint density at radius 2 is 0.611 bits per heavy atom. The lowest BCUT2D eigenvalue weighted by atomic mass is 10.1. The van der Waals surface area contributed by atoms with Crippen LogP contribution in [0.5, 0.6) is 0 Å². The Labute approximate surface area is 223 Å². The number of hydrogen-bond donors (Lipinski definition) is 6. The van der Waals surface area contributed by atoms with E-state index in [-0.39, 0.29) is 19.8 Å². The molecule has 0 radical (unpaired) electrons. The van der Waals surface area contributed by atoms with Crippen LogP contribution in [-0.4, -0.2) is 83.0 Å². The van der Waals surface area contributed by atoms with Crippen LogP contribution in [0.15, 0.2) is 0 Å². The fraction of sp³-hybridized carbons (Fsp3) is 1.00. The van der Waals surface area contributed by atoms with E-state index >= 15 is 0 Å². The van der Waals surface area contributed by atoms with E-state index in [0.29, 0.717) is 13.2 Å². The summed E-state index contributed by atoms with van der Waals surface area (Å²) in [6, 6.07) is 0. The van der Waals surface area contributed by atoms with Crippen LogP contribution in [0.25, 0.3) is 0 Å². The molecule has 0 bridgehead atoms. The Hall–Kier alpha value is -0.280. The summed E-state index contributed by atoms with van der Waals surface area (Å²) in [5.74, 6) is 0. The minimum absolute atomic E-state index is 0.125. The Morgan fingerprint density at radius 1 is 0.389 bits per heavy atom. The highest BCUT2D eigenvalue weighted by molar-refractivity contribution is 4.49. The minimum atomic E-state index is -0.560. The number of rotatable bonds is 26. The SMILES string of the molecule is CC(O)CO.OCCCCCCCCCCCCOCCCCCCCCCCCCO.OCCO. The van der Waals surface area contributed by atoms with E-state index in [1.54, 1.807) is 0 Å². The molecule has 6 N–H and O–H groups in total. The van der Waals surface area contributed by atoms with Crippen molar-refractivity contribution in [2.24, 2.45) is 0 Å². The molecule has 0 fully saturated rings. The van der Waals surface area contributed by atoms with Crippen molar-refractivity contribution >= 4 is 0 Å². The third kappa shape index (κ3) is 50.6. The number of ether oxygens (including phenoxy) is 1. The van der Waals surface area contributed by atoms with Crippen molar-refractivity contribution in [2.45, 2.75) is 141 Å². The summed E-state index contributed by atoms with van der Waals surface area (Å²) in [5.41, 5.74) is 0. The van der Waals surface area contributed by atoms with Gasteiger partial charge in [0.05, 0.1) is 25.9 Å². The quantitative estimate of drug-likeness (QED) is 0.0866. The second kappa shape index (κ2) is 41.8. The zero-order valence-corrected chi connectivity index (χ0v) is 23.8. The number of hydrogen-bond acceptors (Lipinski definition) is 7. The van der Waals surface area contributed by atoms with Gasteiger partial charge in [0.15, 0.2) is 0 Å². The Kier molecular flexibility index (Phi) is 46.7. The molecule has 0 aromatic heterocycles. The maximum Gasteiger partial charge on any atom is 0.0742 e. The highest BCUT2D eigenvalue weighted by Gasteiger charge is 1.95. The third-order valence-electron chi connectivity index (χ3n) is 5.76. The maximum absolute atomic E-state index is 8.72. The minimum Gasteiger partial charge on any atom is -0.396 e. The molecule has 0 aromatic carbocycles. The van der Waals surface area contributed by atoms with Crippen LogP contribution in [0, 0.1) is 0 Å². The normalized spacial score (nSPS) is 11.4. The van der Waals surface area contributed by atoms with Gasteiger partial charge in [0.2, 0.25) is 0 Å². The van der Waals surface area contributed by atoms with Gasteiger partial charge in [0.25, 0.3) is 0 Å². The van der Waals surface area contributed by atoms with Gasteiger partial charge in [-0.05, 0) is 32.6 Å². The van der Waals surface area contributed by atoms with Crippen molar-refractivity contribution in [3.05, 3.63) is 0 Å². The molecule has 0 aromatic rings. The second-order valence-electron chi connectivity index (χ2n) is 9.61. The molecule has 1 unspecified atom stereocenters. The molecule has 0 saturated carbocycles. The van der Waals surface area contributed by atoms with E-state index in [1.165, 1.54) is 122 Å². The Balaban J connectivity index is -0.00000103. The average molecular weight is 525 g/mol. The smallest absolute Gasteiger partial charge is 0.0742 e. The van der Waals surface area contributed by atoms with E-state index in [2.05, 4.69) is 0 Å². The first-order valence-corrected chi connectivity index (χ1v) is 14.9. The van der Waals surface area contributed by atoms with Crippen molar-refractivity contribution in [1.82, 2.24) is 0 Å². The molecule has 0 aliphatic rings. The first-order chi connectivity index (χ1) is 17.6. The van der Waals surface area contributed by atoms with Gasteiger partial charge in [-0.15, -0.1) is 0 Å². The van der Waals surface area contributed by atoms with Crippen LogP contribution in [0.4, 0.5) is 0 Å². The topological polar surface area (TPSA) is 131 Å². The van der Waals surface area contributed by atoms with Crippen LogP contribution in [0.1, 0.15) is 135 Å². The molecule has 0 heterocycles. The van der Waals surface area contributed by atoms with E-state index in [1.807, 2.05) is 0 Å². The summed E-state index contributed by atoms with van der Waals surface area (Å²) in [4.78, 5) is 0. The predicted octanol–water partition coefficient (Wildman–Crippen LogP) is 5.12. The lowest BCUT2D eigenvalue weighted by Gasteiger charge is -2.05. The molecule has 0 rings (SSSR count). The molecule has 0 aliphatic carbocycles. The van der Waals surface area contributed by atoms with Crippen molar-refractivity contribution < 1.29 is 35.4 Å². The summed E-state index contributed by atoms with van der Waals surface area (Å²) < 4.78 is 5.76. The molecule has 0 aliphatic heterocycles. The molecule has 7 heteroatoms. The standard InChI is InChI=1S/C24H50O3.C3H8O2.C2H6O2/c25-21-17-13-9-5-1-3-7-11-15-19-23-27-24-20-16-12-8-4-2-6-10-14-18-22-26;1-3(5)2-4;3-1-2-4/h25-26H,1-24H2;3-5H,2H2,1H3;3-4H,1-2H2. The summed E-state index contributed by atoms with van der Waals surface area (Å²) >= 11 is 0. The van der Waals surface area contributed by atoms with Gasteiger partial charge in [-0.3, -0.25) is 0 Å². The fourth-order valence-electron chi connectivity index (χ4n) is 3.56. The highest BCUT2D eigenvalue weighted by atomic mass is 16.5. The van der Waals surface area contributed by atoms with Gasteiger partial charge in [-0.1, -0.05) is 103 Å². The van der Waals surface area contributed by atoms with Crippen molar-refractivity contribution in [1.29, 1.82) is 0 Å². The monoisotopic (exact) mass is 524 g/mol. The fourth-order valence-corrected chi connectivity index (χ4v) is 3.56. The van der Waals surface area contributed by atoms with E-state index in [0.717, 1.165) is 26.1 Å². The van der Waals surface area contributed by atoms with Gasteiger partial charge in [0, 0.05) is 26.4 Å². The number of aliphatic hydroxyl groups excluding tert-OH is 6. The van der Waals surface area contributed by atoms with Gasteiger partial charge in [-0.2, -0.15) is 0 Å². The van der Waals surface area contributed by atoms with E-state index in [9.17, 15) is 0 Å². The molecule has 7 nitrogen and oxygen atoms in total. The third-order valence-corrected chi connectivity index (χ3v) is 5.76. The molecule has 36 heavy (non-hydrogen) atoms. The summed E-state index contributed by atoms with van der Waals surface area (Å²) in [6.07, 6.45) is 25.1. The second-order valence-corrected chi connectivity index (χ2v) is 9.61. The van der Waals surface area contributed by atoms with Crippen LogP contribution < -0.4 is 0 Å². The molecule has 0 amide bonds. The lowest BCUT2D eigenvalue weighted by molar-refractivity contribution is 0.110. The van der Waals surface area contributed by atoms with Gasteiger partial charge < -0.3 is 35.4 Å². The number of unbranched alkanes of at least 4 members (excludes halogenated alkanes) is 18. The largest absolute Gasteiger partial charge is 0.396 e. The van der Waals surface area contributed by atoms with E-state index in [4.69, 9.17) is 35.4 Å². The predicted molar refractivity (Wildman–Crippen MR) is 150 cm³/mol. The van der Waals surface area contributed by atoms with E-state index < -0.39 is 6.10 Å². The Bertz CT molecular complexity index is 305. The van der Waals surface area contributed by atoms with Crippen LogP contribution in [0.3, 0.4) is 0 Å². The zero-order valence-electron chi connectivity index (χ0n) is 23.8.